The number of rotatable bonds is 3. The van der Waals surface area contributed by atoms with Crippen LogP contribution >= 0.6 is 11.3 Å². The molecule has 4 rings (SSSR count). The number of carbonyl (C=O) groups is 1. The van der Waals surface area contributed by atoms with Crippen molar-refractivity contribution in [2.75, 3.05) is 11.9 Å². The summed E-state index contributed by atoms with van der Waals surface area (Å²) in [6, 6.07) is 0. The molecule has 8 heteroatoms. The molecule has 2 aromatic heterocycles. The molecule has 0 spiro atoms. The van der Waals surface area contributed by atoms with Crippen molar-refractivity contribution in [3.8, 4) is 0 Å². The van der Waals surface area contributed by atoms with Crippen LogP contribution in [0, 0.1) is 0 Å². The normalized spacial score (nSPS) is 21.0. The molecular formula is C15H18N4O3S. The van der Waals surface area contributed by atoms with E-state index in [1.165, 1.54) is 11.3 Å². The smallest absolute Gasteiger partial charge is 0.279 e. The molecule has 1 aliphatic heterocycles. The van der Waals surface area contributed by atoms with E-state index >= 15 is 0 Å². The Hall–Kier alpha value is -1.80. The molecule has 2 aliphatic rings. The van der Waals surface area contributed by atoms with Crippen LogP contribution in [0.5, 0.6) is 0 Å². The summed E-state index contributed by atoms with van der Waals surface area (Å²) in [4.78, 5) is 12.5. The molecule has 1 aliphatic carbocycles. The van der Waals surface area contributed by atoms with E-state index < -0.39 is 0 Å². The molecule has 1 fully saturated rings. The van der Waals surface area contributed by atoms with Crippen LogP contribution < -0.4 is 5.32 Å². The van der Waals surface area contributed by atoms with E-state index in [2.05, 4.69) is 20.7 Å². The number of aryl methyl sites for hydroxylation is 1. The van der Waals surface area contributed by atoms with E-state index in [4.69, 9.17) is 9.26 Å². The van der Waals surface area contributed by atoms with E-state index in [9.17, 15) is 4.79 Å². The van der Waals surface area contributed by atoms with Crippen LogP contribution in [0.25, 0.3) is 0 Å². The molecule has 3 heterocycles. The number of anilines is 1. The van der Waals surface area contributed by atoms with E-state index in [1.807, 2.05) is 0 Å². The molecule has 0 radical (unpaired) electrons. The van der Waals surface area contributed by atoms with Gasteiger partial charge in [0.1, 0.15) is 16.9 Å². The molecule has 1 saturated heterocycles. The highest BCUT2D eigenvalue weighted by Gasteiger charge is 2.25. The predicted molar refractivity (Wildman–Crippen MR) is 83.6 cm³/mol. The lowest BCUT2D eigenvalue weighted by atomic mass is 10.1. The molecule has 2 aromatic rings. The highest BCUT2D eigenvalue weighted by Crippen LogP contribution is 2.32. The van der Waals surface area contributed by atoms with Gasteiger partial charge >= 0.3 is 0 Å². The number of hydrogen-bond acceptors (Lipinski definition) is 7. The van der Waals surface area contributed by atoms with Gasteiger partial charge in [-0.1, -0.05) is 22.9 Å². The van der Waals surface area contributed by atoms with Gasteiger partial charge in [0.2, 0.25) is 5.13 Å². The first-order valence-electron chi connectivity index (χ1n) is 8.05. The van der Waals surface area contributed by atoms with E-state index in [0.29, 0.717) is 10.8 Å². The zero-order chi connectivity index (χ0) is 15.6. The minimum atomic E-state index is -0.271. The Morgan fingerprint density at radius 3 is 2.96 bits per heavy atom. The van der Waals surface area contributed by atoms with Crippen LogP contribution in [0.2, 0.25) is 0 Å². The second kappa shape index (κ2) is 6.37. The Morgan fingerprint density at radius 1 is 1.17 bits per heavy atom. The summed E-state index contributed by atoms with van der Waals surface area (Å²) in [7, 11) is 0. The summed E-state index contributed by atoms with van der Waals surface area (Å²) in [6.45, 7) is 0.761. The van der Waals surface area contributed by atoms with Crippen molar-refractivity contribution in [3.63, 3.8) is 0 Å². The van der Waals surface area contributed by atoms with Crippen molar-refractivity contribution in [2.24, 2.45) is 0 Å². The van der Waals surface area contributed by atoms with Gasteiger partial charge in [0, 0.05) is 18.6 Å². The summed E-state index contributed by atoms with van der Waals surface area (Å²) < 4.78 is 10.9. The minimum Gasteiger partial charge on any atom is -0.371 e. The zero-order valence-electron chi connectivity index (χ0n) is 12.7. The van der Waals surface area contributed by atoms with Gasteiger partial charge in [-0.05, 0) is 32.1 Å². The van der Waals surface area contributed by atoms with Crippen LogP contribution in [-0.2, 0) is 17.6 Å². The zero-order valence-corrected chi connectivity index (χ0v) is 13.5. The molecule has 122 valence electrons. The topological polar surface area (TPSA) is 90.1 Å². The molecule has 0 saturated carbocycles. The third-order valence-corrected chi connectivity index (χ3v) is 5.21. The molecule has 7 nitrogen and oxygen atoms in total. The van der Waals surface area contributed by atoms with Gasteiger partial charge in [-0.2, -0.15) is 0 Å². The largest absolute Gasteiger partial charge is 0.371 e. The van der Waals surface area contributed by atoms with E-state index in [0.717, 1.165) is 67.9 Å². The first-order chi connectivity index (χ1) is 11.3. The number of amides is 1. The predicted octanol–water partition coefficient (Wildman–Crippen LogP) is 2.90. The second-order valence-corrected chi connectivity index (χ2v) is 6.90. The molecular weight excluding hydrogens is 316 g/mol. The fraction of sp³-hybridized carbons (Fsp3) is 0.600. The summed E-state index contributed by atoms with van der Waals surface area (Å²) in [5.74, 6) is 0.580. The molecule has 0 bridgehead atoms. The molecule has 1 atom stereocenters. The average Bonchev–Trinajstić information content (AvgIpc) is 3.26. The Morgan fingerprint density at radius 2 is 2.09 bits per heavy atom. The summed E-state index contributed by atoms with van der Waals surface area (Å²) in [5, 5.41) is 16.2. The van der Waals surface area contributed by atoms with Gasteiger partial charge in [0.15, 0.2) is 5.69 Å². The van der Waals surface area contributed by atoms with Crippen LogP contribution in [-0.4, -0.2) is 27.9 Å². The standard InChI is InChI=1S/C15H18N4O3S/c20-13(12-9-5-2-1-3-6-10(9)22-19-12)16-15-18-17-14(23-15)11-7-4-8-21-11/h11H,1-8H2,(H,16,18,20)/t11-/m1/s1. The fourth-order valence-corrected chi connectivity index (χ4v) is 3.91. The number of nitrogens with one attached hydrogen (secondary N) is 1. The SMILES string of the molecule is O=C(Nc1nnc([C@H]2CCCO2)s1)c1noc2c1CCCCC2. The van der Waals surface area contributed by atoms with Crippen LogP contribution in [0.4, 0.5) is 5.13 Å². The quantitative estimate of drug-likeness (QED) is 0.868. The number of fused-ring (bicyclic) bond motifs is 1. The molecule has 0 unspecified atom stereocenters. The minimum absolute atomic E-state index is 0.0153. The van der Waals surface area contributed by atoms with Crippen molar-refractivity contribution < 1.29 is 14.1 Å². The number of aromatic nitrogens is 3. The first-order valence-corrected chi connectivity index (χ1v) is 8.86. The molecule has 0 aromatic carbocycles. The molecule has 1 N–H and O–H groups in total. The highest BCUT2D eigenvalue weighted by atomic mass is 32.1. The van der Waals surface area contributed by atoms with E-state index in [1.54, 1.807) is 0 Å². The van der Waals surface area contributed by atoms with Gasteiger partial charge in [0.25, 0.3) is 5.91 Å². The average molecular weight is 334 g/mol. The summed E-state index contributed by atoms with van der Waals surface area (Å²) >= 11 is 1.36. The Labute approximate surface area is 137 Å². The summed E-state index contributed by atoms with van der Waals surface area (Å²) in [6.07, 6.45) is 7.03. The third-order valence-electron chi connectivity index (χ3n) is 4.28. The second-order valence-electron chi connectivity index (χ2n) is 5.89. The van der Waals surface area contributed by atoms with Crippen molar-refractivity contribution in [1.82, 2.24) is 15.4 Å². The molecule has 23 heavy (non-hydrogen) atoms. The Bertz CT molecular complexity index is 705. The summed E-state index contributed by atoms with van der Waals surface area (Å²) in [5.41, 5.74) is 1.33. The van der Waals surface area contributed by atoms with Gasteiger partial charge < -0.3 is 9.26 Å². The third kappa shape index (κ3) is 3.00. The molecule has 1 amide bonds. The monoisotopic (exact) mass is 334 g/mol. The maximum atomic E-state index is 12.5. The number of carbonyl (C=O) groups excluding carboxylic acids is 1. The van der Waals surface area contributed by atoms with Crippen LogP contribution in [0.15, 0.2) is 4.52 Å². The maximum absolute atomic E-state index is 12.5. The number of ether oxygens (including phenoxy) is 1. The number of hydrogen-bond donors (Lipinski definition) is 1. The maximum Gasteiger partial charge on any atom is 0.279 e. The van der Waals surface area contributed by atoms with Gasteiger partial charge in [-0.3, -0.25) is 10.1 Å². The van der Waals surface area contributed by atoms with E-state index in [-0.39, 0.29) is 12.0 Å². The van der Waals surface area contributed by atoms with Crippen molar-refractivity contribution >= 4 is 22.4 Å². The van der Waals surface area contributed by atoms with Crippen molar-refractivity contribution in [2.45, 2.75) is 51.0 Å². The fourth-order valence-electron chi connectivity index (χ4n) is 3.08. The van der Waals surface area contributed by atoms with Crippen molar-refractivity contribution in [1.29, 1.82) is 0 Å². The number of nitrogens with zero attached hydrogens (tertiary/aromatic N) is 3. The lowest BCUT2D eigenvalue weighted by Crippen LogP contribution is -2.14. The lowest BCUT2D eigenvalue weighted by molar-refractivity contribution is 0.101. The highest BCUT2D eigenvalue weighted by molar-refractivity contribution is 7.15. The van der Waals surface area contributed by atoms with Crippen molar-refractivity contribution in [3.05, 3.63) is 22.0 Å². The van der Waals surface area contributed by atoms with Gasteiger partial charge in [-0.25, -0.2) is 0 Å². The van der Waals surface area contributed by atoms with Gasteiger partial charge in [-0.15, -0.1) is 10.2 Å². The van der Waals surface area contributed by atoms with Crippen LogP contribution in [0.1, 0.15) is 65.0 Å². The Balaban J connectivity index is 1.49. The van der Waals surface area contributed by atoms with Crippen LogP contribution in [0.3, 0.4) is 0 Å². The van der Waals surface area contributed by atoms with Gasteiger partial charge in [0.05, 0.1) is 0 Å². The lowest BCUT2D eigenvalue weighted by Gasteiger charge is -2.02. The Kier molecular flexibility index (Phi) is 4.09. The first kappa shape index (κ1) is 14.8.